The molecule has 0 radical (unpaired) electrons. The Labute approximate surface area is 147 Å². The van der Waals surface area contributed by atoms with E-state index in [1.807, 2.05) is 31.2 Å². The average molecular weight is 347 g/mol. The van der Waals surface area contributed by atoms with Crippen LogP contribution in [0.2, 0.25) is 0 Å². The maximum atomic E-state index is 12.4. The second-order valence-corrected chi connectivity index (χ2v) is 6.35. The number of ether oxygens (including phenoxy) is 1. The lowest BCUT2D eigenvalue weighted by molar-refractivity contribution is -0.134. The lowest BCUT2D eigenvalue weighted by atomic mass is 9.96. The molecule has 0 spiro atoms. The van der Waals surface area contributed by atoms with Crippen LogP contribution < -0.4 is 15.4 Å². The highest BCUT2D eigenvalue weighted by Crippen LogP contribution is 2.22. The highest BCUT2D eigenvalue weighted by molar-refractivity contribution is 6.08. The fourth-order valence-corrected chi connectivity index (χ4v) is 2.90. The summed E-state index contributed by atoms with van der Waals surface area (Å²) in [6.45, 7) is 3.81. The van der Waals surface area contributed by atoms with Crippen molar-refractivity contribution in [1.29, 1.82) is 0 Å². The molecule has 1 saturated heterocycles. The van der Waals surface area contributed by atoms with Crippen LogP contribution >= 0.6 is 0 Å². The average Bonchev–Trinajstić information content (AvgIpc) is 2.79. The molecule has 1 aromatic carbocycles. The number of nitrogens with one attached hydrogen (secondary N) is 2. The molecule has 2 N–H and O–H groups in total. The van der Waals surface area contributed by atoms with Gasteiger partial charge in [-0.2, -0.15) is 0 Å². The molecule has 1 heterocycles. The second-order valence-electron chi connectivity index (χ2n) is 6.35. The quantitative estimate of drug-likeness (QED) is 0.697. The van der Waals surface area contributed by atoms with E-state index in [0.717, 1.165) is 22.6 Å². The Morgan fingerprint density at radius 1 is 1.28 bits per heavy atom. The monoisotopic (exact) mass is 347 g/mol. The first-order valence-electron chi connectivity index (χ1n) is 8.43. The maximum absolute atomic E-state index is 12.4. The van der Waals surface area contributed by atoms with Crippen LogP contribution in [0.25, 0.3) is 0 Å². The fraction of sp³-hybridized carbons (Fsp3) is 0.500. The van der Waals surface area contributed by atoms with Gasteiger partial charge in [-0.25, -0.2) is 4.79 Å². The van der Waals surface area contributed by atoms with Crippen LogP contribution in [-0.2, 0) is 16.0 Å². The highest BCUT2D eigenvalue weighted by Gasteiger charge is 2.47. The van der Waals surface area contributed by atoms with Crippen molar-refractivity contribution in [3.05, 3.63) is 29.8 Å². The number of nitrogens with zero attached hydrogens (tertiary/aromatic N) is 1. The molecule has 2 rings (SSSR count). The first kappa shape index (κ1) is 18.8. The van der Waals surface area contributed by atoms with E-state index in [2.05, 4.69) is 10.6 Å². The standard InChI is InChI=1S/C18H25N3O4/c1-4-10-18(2)16(23)21(17(24)20-18)12-15(22)19-11-9-13-5-7-14(25-3)8-6-13/h5-8H,4,9-12H2,1-3H3,(H,19,22)(H,20,24)/t18-/m1/s1. The fourth-order valence-electron chi connectivity index (χ4n) is 2.90. The number of methoxy groups -OCH3 is 1. The molecule has 25 heavy (non-hydrogen) atoms. The van der Waals surface area contributed by atoms with Crippen molar-refractivity contribution in [3.63, 3.8) is 0 Å². The summed E-state index contributed by atoms with van der Waals surface area (Å²) in [4.78, 5) is 37.4. The SMILES string of the molecule is CCC[C@@]1(C)NC(=O)N(CC(=O)NCCc2ccc(OC)cc2)C1=O. The van der Waals surface area contributed by atoms with E-state index in [0.29, 0.717) is 19.4 Å². The van der Waals surface area contributed by atoms with Crippen molar-refractivity contribution in [2.45, 2.75) is 38.6 Å². The molecule has 0 unspecified atom stereocenters. The van der Waals surface area contributed by atoms with E-state index < -0.39 is 11.6 Å². The van der Waals surface area contributed by atoms with Crippen LogP contribution in [0.1, 0.15) is 32.3 Å². The summed E-state index contributed by atoms with van der Waals surface area (Å²) in [7, 11) is 1.61. The molecule has 7 nitrogen and oxygen atoms in total. The lowest BCUT2D eigenvalue weighted by Gasteiger charge is -2.20. The number of carbonyl (C=O) groups excluding carboxylic acids is 3. The lowest BCUT2D eigenvalue weighted by Crippen LogP contribution is -2.45. The van der Waals surface area contributed by atoms with Gasteiger partial charge in [-0.1, -0.05) is 25.5 Å². The highest BCUT2D eigenvalue weighted by atomic mass is 16.5. The van der Waals surface area contributed by atoms with E-state index >= 15 is 0 Å². The van der Waals surface area contributed by atoms with E-state index in [-0.39, 0.29) is 18.4 Å². The molecular formula is C18H25N3O4. The molecule has 1 aliphatic heterocycles. The Bertz CT molecular complexity index is 644. The van der Waals surface area contributed by atoms with Crippen LogP contribution in [-0.4, -0.2) is 48.5 Å². The van der Waals surface area contributed by atoms with Crippen molar-refractivity contribution in [2.24, 2.45) is 0 Å². The number of rotatable bonds is 8. The van der Waals surface area contributed by atoms with E-state index in [1.54, 1.807) is 14.0 Å². The molecule has 1 aromatic rings. The molecule has 136 valence electrons. The Balaban J connectivity index is 1.81. The minimum Gasteiger partial charge on any atom is -0.497 e. The number of hydrogen-bond acceptors (Lipinski definition) is 4. The number of carbonyl (C=O) groups is 3. The van der Waals surface area contributed by atoms with E-state index in [1.165, 1.54) is 0 Å². The largest absolute Gasteiger partial charge is 0.497 e. The van der Waals surface area contributed by atoms with Gasteiger partial charge < -0.3 is 15.4 Å². The molecule has 1 atom stereocenters. The molecule has 4 amide bonds. The minimum absolute atomic E-state index is 0.257. The topological polar surface area (TPSA) is 87.7 Å². The zero-order chi connectivity index (χ0) is 18.4. The Morgan fingerprint density at radius 2 is 1.96 bits per heavy atom. The van der Waals surface area contributed by atoms with Gasteiger partial charge in [-0.05, 0) is 37.5 Å². The van der Waals surface area contributed by atoms with E-state index in [9.17, 15) is 14.4 Å². The first-order chi connectivity index (χ1) is 11.9. The Morgan fingerprint density at radius 3 is 2.56 bits per heavy atom. The molecule has 0 saturated carbocycles. The van der Waals surface area contributed by atoms with Gasteiger partial charge >= 0.3 is 6.03 Å². The number of urea groups is 1. The van der Waals surface area contributed by atoms with Crippen molar-refractivity contribution in [3.8, 4) is 5.75 Å². The summed E-state index contributed by atoms with van der Waals surface area (Å²) in [5.74, 6) is 0.0869. The van der Waals surface area contributed by atoms with Crippen LogP contribution in [0.15, 0.2) is 24.3 Å². The van der Waals surface area contributed by atoms with Crippen molar-refractivity contribution < 1.29 is 19.1 Å². The number of hydrogen-bond donors (Lipinski definition) is 2. The number of imide groups is 1. The van der Waals surface area contributed by atoms with Gasteiger partial charge in [0, 0.05) is 6.54 Å². The van der Waals surface area contributed by atoms with Gasteiger partial charge in [0.1, 0.15) is 17.8 Å². The van der Waals surface area contributed by atoms with Crippen molar-refractivity contribution >= 4 is 17.8 Å². The van der Waals surface area contributed by atoms with Gasteiger partial charge in [0.05, 0.1) is 7.11 Å². The molecule has 0 aliphatic carbocycles. The predicted octanol–water partition coefficient (Wildman–Crippen LogP) is 1.46. The van der Waals surface area contributed by atoms with Crippen LogP contribution in [0.4, 0.5) is 4.79 Å². The molecule has 0 aromatic heterocycles. The summed E-state index contributed by atoms with van der Waals surface area (Å²) < 4.78 is 5.10. The van der Waals surface area contributed by atoms with Crippen LogP contribution in [0, 0.1) is 0 Å². The molecule has 1 aliphatic rings. The summed E-state index contributed by atoms with van der Waals surface area (Å²) in [6, 6.07) is 7.07. The maximum Gasteiger partial charge on any atom is 0.325 e. The van der Waals surface area contributed by atoms with Gasteiger partial charge in [0.25, 0.3) is 5.91 Å². The van der Waals surface area contributed by atoms with Crippen LogP contribution in [0.3, 0.4) is 0 Å². The zero-order valence-corrected chi connectivity index (χ0v) is 14.9. The number of benzene rings is 1. The normalized spacial score (nSPS) is 19.7. The predicted molar refractivity (Wildman–Crippen MR) is 93.3 cm³/mol. The summed E-state index contributed by atoms with van der Waals surface area (Å²) in [5, 5.41) is 5.42. The third-order valence-corrected chi connectivity index (χ3v) is 4.29. The van der Waals surface area contributed by atoms with Crippen LogP contribution in [0.5, 0.6) is 5.75 Å². The van der Waals surface area contributed by atoms with Gasteiger partial charge in [-0.3, -0.25) is 14.5 Å². The van der Waals surface area contributed by atoms with Crippen molar-refractivity contribution in [2.75, 3.05) is 20.2 Å². The minimum atomic E-state index is -0.908. The molecule has 7 heteroatoms. The first-order valence-corrected chi connectivity index (χ1v) is 8.43. The molecule has 1 fully saturated rings. The Kier molecular flexibility index (Phi) is 6.01. The smallest absolute Gasteiger partial charge is 0.325 e. The molecular weight excluding hydrogens is 322 g/mol. The number of amides is 4. The van der Waals surface area contributed by atoms with Crippen molar-refractivity contribution in [1.82, 2.24) is 15.5 Å². The van der Waals surface area contributed by atoms with Gasteiger partial charge in [0.15, 0.2) is 0 Å². The third kappa shape index (κ3) is 4.49. The zero-order valence-electron chi connectivity index (χ0n) is 14.9. The summed E-state index contributed by atoms with van der Waals surface area (Å²) in [5.41, 5.74) is 0.154. The Hall–Kier alpha value is -2.57. The second kappa shape index (κ2) is 8.00. The third-order valence-electron chi connectivity index (χ3n) is 4.29. The summed E-state index contributed by atoms with van der Waals surface area (Å²) >= 11 is 0. The molecule has 0 bridgehead atoms. The van der Waals surface area contributed by atoms with Gasteiger partial charge in [-0.15, -0.1) is 0 Å². The van der Waals surface area contributed by atoms with E-state index in [4.69, 9.17) is 4.74 Å². The van der Waals surface area contributed by atoms with Gasteiger partial charge in [0.2, 0.25) is 5.91 Å². The summed E-state index contributed by atoms with van der Waals surface area (Å²) in [6.07, 6.45) is 1.97.